The van der Waals surface area contributed by atoms with Gasteiger partial charge in [0.25, 0.3) is 0 Å². The second kappa shape index (κ2) is 7.81. The molecule has 1 aliphatic heterocycles. The Morgan fingerprint density at radius 3 is 2.45 bits per heavy atom. The largest absolute Gasteiger partial charge is 0.497 e. The van der Waals surface area contributed by atoms with Gasteiger partial charge in [-0.25, -0.2) is 0 Å². The molecule has 1 fully saturated rings. The second-order valence-corrected chi connectivity index (χ2v) is 5.65. The van der Waals surface area contributed by atoms with Gasteiger partial charge in [0.15, 0.2) is 0 Å². The van der Waals surface area contributed by atoms with E-state index in [2.05, 4.69) is 17.9 Å². The Kier molecular flexibility index (Phi) is 5.79. The lowest BCUT2D eigenvalue weighted by atomic mass is 10.1. The van der Waals surface area contributed by atoms with Crippen molar-refractivity contribution in [3.05, 3.63) is 29.8 Å². The molecule has 1 saturated heterocycles. The zero-order valence-electron chi connectivity index (χ0n) is 13.3. The van der Waals surface area contributed by atoms with Gasteiger partial charge in [-0.2, -0.15) is 5.26 Å². The first-order valence-corrected chi connectivity index (χ1v) is 7.65. The fourth-order valence-electron chi connectivity index (χ4n) is 2.70. The summed E-state index contributed by atoms with van der Waals surface area (Å²) in [5, 5.41) is 8.76. The summed E-state index contributed by atoms with van der Waals surface area (Å²) in [6.07, 6.45) is 0.970. The Bertz CT molecular complexity index is 528. The van der Waals surface area contributed by atoms with Crippen molar-refractivity contribution >= 4 is 5.91 Å². The highest BCUT2D eigenvalue weighted by Gasteiger charge is 2.23. The Morgan fingerprint density at radius 1 is 1.27 bits per heavy atom. The lowest BCUT2D eigenvalue weighted by molar-refractivity contribution is -0.132. The number of benzene rings is 1. The lowest BCUT2D eigenvalue weighted by Gasteiger charge is -2.37. The van der Waals surface area contributed by atoms with Crippen LogP contribution in [0.2, 0.25) is 0 Å². The number of rotatable bonds is 5. The van der Waals surface area contributed by atoms with Crippen molar-refractivity contribution in [2.45, 2.75) is 25.8 Å². The van der Waals surface area contributed by atoms with Crippen LogP contribution in [-0.2, 0) is 11.2 Å². The number of amides is 1. The van der Waals surface area contributed by atoms with E-state index in [0.717, 1.165) is 37.5 Å². The molecule has 1 aromatic carbocycles. The molecule has 1 aliphatic rings. The van der Waals surface area contributed by atoms with Crippen LogP contribution >= 0.6 is 0 Å². The minimum atomic E-state index is 0.165. The van der Waals surface area contributed by atoms with E-state index < -0.39 is 0 Å². The molecule has 0 radical (unpaired) electrons. The van der Waals surface area contributed by atoms with Crippen LogP contribution in [0.1, 0.15) is 18.9 Å². The quantitative estimate of drug-likeness (QED) is 0.830. The van der Waals surface area contributed by atoms with Crippen LogP contribution in [0.15, 0.2) is 24.3 Å². The van der Waals surface area contributed by atoms with E-state index in [1.165, 1.54) is 0 Å². The number of hydrogen-bond donors (Lipinski definition) is 0. The number of nitriles is 1. The molecule has 0 N–H and O–H groups in total. The molecule has 5 nitrogen and oxygen atoms in total. The molecule has 118 valence electrons. The number of carbonyl (C=O) groups excluding carboxylic acids is 1. The zero-order chi connectivity index (χ0) is 15.9. The summed E-state index contributed by atoms with van der Waals surface area (Å²) in [7, 11) is 1.63. The van der Waals surface area contributed by atoms with Gasteiger partial charge in [0.2, 0.25) is 5.91 Å². The molecule has 0 aliphatic carbocycles. The lowest BCUT2D eigenvalue weighted by Crippen LogP contribution is -2.51. The molecule has 1 atom stereocenters. The maximum atomic E-state index is 12.3. The van der Waals surface area contributed by atoms with E-state index in [1.54, 1.807) is 7.11 Å². The van der Waals surface area contributed by atoms with Gasteiger partial charge >= 0.3 is 0 Å². The van der Waals surface area contributed by atoms with Crippen molar-refractivity contribution in [2.75, 3.05) is 33.3 Å². The molecule has 0 spiro atoms. The molecule has 2 rings (SSSR count). The van der Waals surface area contributed by atoms with E-state index in [1.807, 2.05) is 29.2 Å². The molecule has 0 unspecified atom stereocenters. The van der Waals surface area contributed by atoms with E-state index in [-0.39, 0.29) is 11.9 Å². The van der Waals surface area contributed by atoms with Crippen molar-refractivity contribution in [1.29, 1.82) is 5.26 Å². The minimum absolute atomic E-state index is 0.165. The van der Waals surface area contributed by atoms with Crippen LogP contribution in [0.25, 0.3) is 0 Å². The molecular formula is C17H23N3O2. The van der Waals surface area contributed by atoms with Crippen LogP contribution in [0.3, 0.4) is 0 Å². The summed E-state index contributed by atoms with van der Waals surface area (Å²) in [4.78, 5) is 16.5. The van der Waals surface area contributed by atoms with Gasteiger partial charge in [-0.3, -0.25) is 9.69 Å². The number of methoxy groups -OCH3 is 1. The van der Waals surface area contributed by atoms with Crippen LogP contribution in [0, 0.1) is 11.3 Å². The average Bonchev–Trinajstić information content (AvgIpc) is 2.56. The monoisotopic (exact) mass is 301 g/mol. The number of nitrogens with zero attached hydrogens (tertiary/aromatic N) is 3. The fourth-order valence-corrected chi connectivity index (χ4v) is 2.70. The molecule has 5 heteroatoms. The van der Waals surface area contributed by atoms with Gasteiger partial charge < -0.3 is 9.64 Å². The van der Waals surface area contributed by atoms with E-state index >= 15 is 0 Å². The maximum absolute atomic E-state index is 12.3. The van der Waals surface area contributed by atoms with Crippen molar-refractivity contribution in [3.63, 3.8) is 0 Å². The van der Waals surface area contributed by atoms with Crippen molar-refractivity contribution < 1.29 is 9.53 Å². The predicted molar refractivity (Wildman–Crippen MR) is 84.5 cm³/mol. The smallest absolute Gasteiger partial charge is 0.227 e. The Morgan fingerprint density at radius 2 is 1.91 bits per heavy atom. The number of hydrogen-bond acceptors (Lipinski definition) is 4. The second-order valence-electron chi connectivity index (χ2n) is 5.65. The Labute approximate surface area is 132 Å². The highest BCUT2D eigenvalue weighted by molar-refractivity contribution is 5.78. The molecule has 0 bridgehead atoms. The first-order chi connectivity index (χ1) is 10.6. The van der Waals surface area contributed by atoms with Gasteiger partial charge in [-0.05, 0) is 24.6 Å². The van der Waals surface area contributed by atoms with Crippen LogP contribution in [0.5, 0.6) is 5.75 Å². The molecule has 1 amide bonds. The normalized spacial score (nSPS) is 16.9. The minimum Gasteiger partial charge on any atom is -0.497 e. The van der Waals surface area contributed by atoms with Crippen molar-refractivity contribution in [1.82, 2.24) is 9.80 Å². The molecule has 22 heavy (non-hydrogen) atoms. The average molecular weight is 301 g/mol. The van der Waals surface area contributed by atoms with Crippen LogP contribution in [0.4, 0.5) is 0 Å². The summed E-state index contributed by atoms with van der Waals surface area (Å²) < 4.78 is 5.12. The first kappa shape index (κ1) is 16.3. The first-order valence-electron chi connectivity index (χ1n) is 7.65. The summed E-state index contributed by atoms with van der Waals surface area (Å²) in [5.41, 5.74) is 1.01. The molecule has 1 aromatic rings. The highest BCUT2D eigenvalue weighted by atomic mass is 16.5. The molecular weight excluding hydrogens is 278 g/mol. The topological polar surface area (TPSA) is 56.6 Å². The summed E-state index contributed by atoms with van der Waals surface area (Å²) in [6.45, 7) is 5.24. The number of piperazine rings is 1. The number of carbonyl (C=O) groups is 1. The SMILES string of the molecule is COc1ccc(CC(=O)N2CCN([C@@H](C)CC#N)CC2)cc1. The Hall–Kier alpha value is -2.06. The molecule has 0 saturated carbocycles. The van der Waals surface area contributed by atoms with Gasteiger partial charge in [0, 0.05) is 32.2 Å². The van der Waals surface area contributed by atoms with Gasteiger partial charge in [-0.15, -0.1) is 0 Å². The predicted octanol–water partition coefficient (Wildman–Crippen LogP) is 1.68. The third-order valence-corrected chi connectivity index (χ3v) is 4.19. The maximum Gasteiger partial charge on any atom is 0.227 e. The summed E-state index contributed by atoms with van der Waals surface area (Å²) >= 11 is 0. The molecule has 0 aromatic heterocycles. The van der Waals surface area contributed by atoms with Gasteiger partial charge in [0.1, 0.15) is 5.75 Å². The van der Waals surface area contributed by atoms with Crippen LogP contribution < -0.4 is 4.74 Å². The fraction of sp³-hybridized carbons (Fsp3) is 0.529. The standard InChI is InChI=1S/C17H23N3O2/c1-14(7-8-18)19-9-11-20(12-10-19)17(21)13-15-3-5-16(22-2)6-4-15/h3-6,14H,7,9-13H2,1-2H3/t14-/m0/s1. The summed E-state index contributed by atoms with van der Waals surface area (Å²) in [6, 6.07) is 10.1. The third-order valence-electron chi connectivity index (χ3n) is 4.19. The van der Waals surface area contributed by atoms with E-state index in [0.29, 0.717) is 12.8 Å². The highest BCUT2D eigenvalue weighted by Crippen LogP contribution is 2.14. The van der Waals surface area contributed by atoms with E-state index in [4.69, 9.17) is 10.00 Å². The van der Waals surface area contributed by atoms with Crippen LogP contribution in [-0.4, -0.2) is 55.0 Å². The Balaban J connectivity index is 1.83. The third kappa shape index (κ3) is 4.22. The zero-order valence-corrected chi connectivity index (χ0v) is 13.3. The summed E-state index contributed by atoms with van der Waals surface area (Å²) in [5.74, 6) is 0.967. The number of ether oxygens (including phenoxy) is 1. The van der Waals surface area contributed by atoms with Crippen molar-refractivity contribution in [2.24, 2.45) is 0 Å². The van der Waals surface area contributed by atoms with Gasteiger partial charge in [0.05, 0.1) is 26.0 Å². The van der Waals surface area contributed by atoms with E-state index in [9.17, 15) is 4.79 Å². The molecule has 1 heterocycles. The van der Waals surface area contributed by atoms with Gasteiger partial charge in [-0.1, -0.05) is 12.1 Å². The van der Waals surface area contributed by atoms with Crippen molar-refractivity contribution in [3.8, 4) is 11.8 Å².